The second kappa shape index (κ2) is 4.53. The molecule has 0 N–H and O–H groups in total. The number of fused-ring (bicyclic) bond motifs is 1. The molecule has 0 saturated heterocycles. The minimum absolute atomic E-state index is 0.0567. The monoisotopic (exact) mass is 231 g/mol. The van der Waals surface area contributed by atoms with Crippen LogP contribution in [0.1, 0.15) is 26.3 Å². The fourth-order valence-electron chi connectivity index (χ4n) is 1.94. The molecule has 0 atom stereocenters. The van der Waals surface area contributed by atoms with Gasteiger partial charge in [0.05, 0.1) is 12.2 Å². The molecular weight excluding hydrogens is 210 g/mol. The molecule has 0 amide bonds. The number of hydrogen-bond donors (Lipinski definition) is 0. The minimum atomic E-state index is -0.0567. The van der Waals surface area contributed by atoms with E-state index >= 15 is 0 Å². The highest BCUT2D eigenvalue weighted by Crippen LogP contribution is 2.17. The molecule has 0 fully saturated rings. The molecule has 0 saturated carbocycles. The number of rotatable bonds is 3. The summed E-state index contributed by atoms with van der Waals surface area (Å²) in [6.45, 7) is 10.1. The Kier molecular flexibility index (Phi) is 3.25. The van der Waals surface area contributed by atoms with Gasteiger partial charge >= 0.3 is 0 Å². The number of ether oxygens (including phenoxy) is 1. The number of hydrogen-bond acceptors (Lipinski definition) is 1. The van der Waals surface area contributed by atoms with Crippen LogP contribution in [-0.2, 0) is 11.3 Å². The van der Waals surface area contributed by atoms with Crippen LogP contribution in [0.4, 0.5) is 0 Å². The largest absolute Gasteiger partial charge is 0.374 e. The number of aryl methyl sites for hydroxylation is 1. The van der Waals surface area contributed by atoms with Crippen LogP contribution in [-0.4, -0.2) is 16.8 Å². The SMILES string of the molecule is Cc1ccc2ccn(CCOC(C)(C)C)c2c1. The Bertz CT molecular complexity index is 505. The van der Waals surface area contributed by atoms with E-state index in [1.165, 1.54) is 16.5 Å². The maximum absolute atomic E-state index is 5.76. The summed E-state index contributed by atoms with van der Waals surface area (Å²) < 4.78 is 8.02. The summed E-state index contributed by atoms with van der Waals surface area (Å²) in [6.07, 6.45) is 2.14. The second-order valence-electron chi connectivity index (χ2n) is 5.53. The van der Waals surface area contributed by atoms with Gasteiger partial charge in [-0.3, -0.25) is 0 Å². The molecule has 1 aromatic carbocycles. The number of aromatic nitrogens is 1. The molecule has 0 aliphatic rings. The Morgan fingerprint density at radius 3 is 2.65 bits per heavy atom. The molecule has 0 radical (unpaired) electrons. The smallest absolute Gasteiger partial charge is 0.0652 e. The quantitative estimate of drug-likeness (QED) is 0.784. The predicted molar refractivity (Wildman–Crippen MR) is 72.4 cm³/mol. The first kappa shape index (κ1) is 12.2. The molecule has 2 aromatic rings. The van der Waals surface area contributed by atoms with Gasteiger partial charge in [-0.2, -0.15) is 0 Å². The van der Waals surface area contributed by atoms with E-state index in [0.29, 0.717) is 0 Å². The molecule has 17 heavy (non-hydrogen) atoms. The Morgan fingerprint density at radius 2 is 1.94 bits per heavy atom. The van der Waals surface area contributed by atoms with E-state index in [-0.39, 0.29) is 5.60 Å². The topological polar surface area (TPSA) is 14.2 Å². The first-order chi connectivity index (χ1) is 7.96. The summed E-state index contributed by atoms with van der Waals surface area (Å²) in [6, 6.07) is 8.71. The summed E-state index contributed by atoms with van der Waals surface area (Å²) in [5, 5.41) is 1.30. The van der Waals surface area contributed by atoms with Gasteiger partial charge in [0.25, 0.3) is 0 Å². The molecule has 0 aliphatic heterocycles. The summed E-state index contributed by atoms with van der Waals surface area (Å²) >= 11 is 0. The first-order valence-electron chi connectivity index (χ1n) is 6.15. The highest BCUT2D eigenvalue weighted by molar-refractivity contribution is 5.80. The predicted octanol–water partition coefficient (Wildman–Crippen LogP) is 3.76. The second-order valence-corrected chi connectivity index (χ2v) is 5.53. The van der Waals surface area contributed by atoms with Crippen LogP contribution < -0.4 is 0 Å². The summed E-state index contributed by atoms with van der Waals surface area (Å²) in [4.78, 5) is 0. The van der Waals surface area contributed by atoms with E-state index in [4.69, 9.17) is 4.74 Å². The molecule has 2 heteroatoms. The maximum Gasteiger partial charge on any atom is 0.0652 e. The van der Waals surface area contributed by atoms with Crippen molar-refractivity contribution in [2.24, 2.45) is 0 Å². The lowest BCUT2D eigenvalue weighted by molar-refractivity contribution is -0.00644. The van der Waals surface area contributed by atoms with Crippen molar-refractivity contribution >= 4 is 10.9 Å². The molecule has 92 valence electrons. The van der Waals surface area contributed by atoms with Gasteiger partial charge in [0, 0.05) is 18.3 Å². The van der Waals surface area contributed by atoms with E-state index in [0.717, 1.165) is 13.2 Å². The summed E-state index contributed by atoms with van der Waals surface area (Å²) in [5.74, 6) is 0. The minimum Gasteiger partial charge on any atom is -0.374 e. The third kappa shape index (κ3) is 3.10. The van der Waals surface area contributed by atoms with Crippen molar-refractivity contribution in [3.05, 3.63) is 36.0 Å². The van der Waals surface area contributed by atoms with Crippen molar-refractivity contribution in [2.75, 3.05) is 6.61 Å². The zero-order chi connectivity index (χ0) is 12.5. The van der Waals surface area contributed by atoms with Crippen molar-refractivity contribution in [1.29, 1.82) is 0 Å². The van der Waals surface area contributed by atoms with Crippen LogP contribution in [0.5, 0.6) is 0 Å². The van der Waals surface area contributed by atoms with E-state index in [2.05, 4.69) is 62.7 Å². The average molecular weight is 231 g/mol. The van der Waals surface area contributed by atoms with Gasteiger partial charge in [0.2, 0.25) is 0 Å². The Balaban J connectivity index is 2.11. The zero-order valence-electron chi connectivity index (χ0n) is 11.2. The van der Waals surface area contributed by atoms with Crippen LogP contribution in [0.2, 0.25) is 0 Å². The molecule has 1 heterocycles. The van der Waals surface area contributed by atoms with Gasteiger partial charge in [-0.15, -0.1) is 0 Å². The van der Waals surface area contributed by atoms with Crippen LogP contribution in [0.15, 0.2) is 30.5 Å². The molecule has 0 spiro atoms. The third-order valence-electron chi connectivity index (χ3n) is 2.80. The number of benzene rings is 1. The van der Waals surface area contributed by atoms with Crippen LogP contribution in [0.3, 0.4) is 0 Å². The fourth-order valence-corrected chi connectivity index (χ4v) is 1.94. The van der Waals surface area contributed by atoms with Gasteiger partial charge in [-0.1, -0.05) is 12.1 Å². The first-order valence-corrected chi connectivity index (χ1v) is 6.15. The lowest BCUT2D eigenvalue weighted by Crippen LogP contribution is -2.21. The van der Waals surface area contributed by atoms with Crippen molar-refractivity contribution in [2.45, 2.75) is 39.8 Å². The molecule has 0 unspecified atom stereocenters. The normalized spacial score (nSPS) is 12.2. The third-order valence-corrected chi connectivity index (χ3v) is 2.80. The van der Waals surface area contributed by atoms with Gasteiger partial charge in [-0.05, 0) is 50.8 Å². The zero-order valence-corrected chi connectivity index (χ0v) is 11.2. The average Bonchev–Trinajstić information content (AvgIpc) is 2.59. The molecule has 0 bridgehead atoms. The van der Waals surface area contributed by atoms with E-state index < -0.39 is 0 Å². The highest BCUT2D eigenvalue weighted by atomic mass is 16.5. The van der Waals surface area contributed by atoms with Crippen molar-refractivity contribution in [1.82, 2.24) is 4.57 Å². The van der Waals surface area contributed by atoms with Crippen LogP contribution in [0.25, 0.3) is 10.9 Å². The van der Waals surface area contributed by atoms with Gasteiger partial charge < -0.3 is 9.30 Å². The maximum atomic E-state index is 5.76. The lowest BCUT2D eigenvalue weighted by Gasteiger charge is -2.19. The fraction of sp³-hybridized carbons (Fsp3) is 0.467. The highest BCUT2D eigenvalue weighted by Gasteiger charge is 2.09. The van der Waals surface area contributed by atoms with Gasteiger partial charge in [0.15, 0.2) is 0 Å². The van der Waals surface area contributed by atoms with Crippen molar-refractivity contribution in [3.63, 3.8) is 0 Å². The lowest BCUT2D eigenvalue weighted by atomic mass is 10.2. The van der Waals surface area contributed by atoms with Crippen LogP contribution >= 0.6 is 0 Å². The summed E-state index contributed by atoms with van der Waals surface area (Å²) in [7, 11) is 0. The molecular formula is C15H21NO. The van der Waals surface area contributed by atoms with Gasteiger partial charge in [-0.25, -0.2) is 0 Å². The molecule has 0 aliphatic carbocycles. The Morgan fingerprint density at radius 1 is 1.18 bits per heavy atom. The Labute approximate surface area is 103 Å². The van der Waals surface area contributed by atoms with Gasteiger partial charge in [0.1, 0.15) is 0 Å². The van der Waals surface area contributed by atoms with E-state index in [1.807, 2.05) is 0 Å². The molecule has 2 rings (SSSR count). The Hall–Kier alpha value is -1.28. The summed E-state index contributed by atoms with van der Waals surface area (Å²) in [5.41, 5.74) is 2.54. The van der Waals surface area contributed by atoms with E-state index in [9.17, 15) is 0 Å². The van der Waals surface area contributed by atoms with Crippen LogP contribution in [0, 0.1) is 6.92 Å². The number of nitrogens with zero attached hydrogens (tertiary/aromatic N) is 1. The standard InChI is InChI=1S/C15H21NO/c1-12-5-6-13-7-8-16(14(13)11-12)9-10-17-15(2,3)4/h5-8,11H,9-10H2,1-4H3. The molecule has 1 aromatic heterocycles. The van der Waals surface area contributed by atoms with Crippen molar-refractivity contribution < 1.29 is 4.74 Å². The molecule has 2 nitrogen and oxygen atoms in total. The van der Waals surface area contributed by atoms with E-state index in [1.54, 1.807) is 0 Å². The van der Waals surface area contributed by atoms with Crippen molar-refractivity contribution in [3.8, 4) is 0 Å².